The number of rotatable bonds is 4. The van der Waals surface area contributed by atoms with E-state index in [1.807, 2.05) is 42.5 Å². The third-order valence-corrected chi connectivity index (χ3v) is 7.67. The summed E-state index contributed by atoms with van der Waals surface area (Å²) in [4.78, 5) is 0. The van der Waals surface area contributed by atoms with E-state index in [0.717, 1.165) is 50.1 Å². The Hall–Kier alpha value is -5.90. The van der Waals surface area contributed by atoms with Crippen molar-refractivity contribution in [2.75, 3.05) is 0 Å². The predicted molar refractivity (Wildman–Crippen MR) is 167 cm³/mol. The highest BCUT2D eigenvalue weighted by molar-refractivity contribution is 6.09. The lowest BCUT2D eigenvalue weighted by atomic mass is 9.84. The number of hydrogen-bond acceptors (Lipinski definition) is 2. The summed E-state index contributed by atoms with van der Waals surface area (Å²) in [6.07, 6.45) is 0. The largest absolute Gasteiger partial charge is 0.309 e. The van der Waals surface area contributed by atoms with E-state index in [0.29, 0.717) is 11.1 Å². The molecule has 0 fully saturated rings. The van der Waals surface area contributed by atoms with E-state index in [9.17, 15) is 10.5 Å². The van der Waals surface area contributed by atoms with E-state index < -0.39 is 0 Å². The van der Waals surface area contributed by atoms with Crippen molar-refractivity contribution < 1.29 is 0 Å². The SMILES string of the molecule is N#Cc1ccc(C#N)c(-c2c(-c3ccccc3)cc(-n3c4ccccc4c4ccccc43)cc2-c2ccccc2)c1. The van der Waals surface area contributed by atoms with Gasteiger partial charge in [0.15, 0.2) is 0 Å². The van der Waals surface area contributed by atoms with E-state index >= 15 is 0 Å². The lowest BCUT2D eigenvalue weighted by Gasteiger charge is -2.21. The lowest BCUT2D eigenvalue weighted by Crippen LogP contribution is -2.00. The van der Waals surface area contributed by atoms with Crippen molar-refractivity contribution in [3.63, 3.8) is 0 Å². The van der Waals surface area contributed by atoms with Crippen molar-refractivity contribution in [1.29, 1.82) is 10.5 Å². The van der Waals surface area contributed by atoms with Crippen LogP contribution in [0.2, 0.25) is 0 Å². The molecule has 1 heterocycles. The van der Waals surface area contributed by atoms with E-state index in [2.05, 4.69) is 102 Å². The number of para-hydroxylation sites is 2. The van der Waals surface area contributed by atoms with Crippen molar-refractivity contribution in [3.05, 3.63) is 151 Å². The van der Waals surface area contributed by atoms with Gasteiger partial charge in [0, 0.05) is 22.0 Å². The maximum Gasteiger partial charge on any atom is 0.0998 e. The number of fused-ring (bicyclic) bond motifs is 3. The van der Waals surface area contributed by atoms with Crippen molar-refractivity contribution in [2.45, 2.75) is 0 Å². The predicted octanol–water partition coefficient (Wildman–Crippen LogP) is 9.53. The van der Waals surface area contributed by atoms with Gasteiger partial charge < -0.3 is 4.57 Å². The lowest BCUT2D eigenvalue weighted by molar-refractivity contribution is 1.18. The van der Waals surface area contributed by atoms with Gasteiger partial charge in [0.05, 0.1) is 34.3 Å². The van der Waals surface area contributed by atoms with Gasteiger partial charge in [-0.15, -0.1) is 0 Å². The molecule has 7 aromatic rings. The van der Waals surface area contributed by atoms with Gasteiger partial charge in [0.2, 0.25) is 0 Å². The van der Waals surface area contributed by atoms with Crippen molar-refractivity contribution >= 4 is 21.8 Å². The van der Waals surface area contributed by atoms with Crippen LogP contribution in [0, 0.1) is 22.7 Å². The minimum Gasteiger partial charge on any atom is -0.309 e. The highest BCUT2D eigenvalue weighted by Gasteiger charge is 2.21. The van der Waals surface area contributed by atoms with E-state index in [-0.39, 0.29) is 0 Å². The Kier molecular flexibility index (Phi) is 5.90. The fourth-order valence-electron chi connectivity index (χ4n) is 5.86. The second-order valence-corrected chi connectivity index (χ2v) is 10.0. The molecular weight excluding hydrogens is 498 g/mol. The monoisotopic (exact) mass is 521 g/mol. The highest BCUT2D eigenvalue weighted by atomic mass is 15.0. The molecule has 0 radical (unpaired) electrons. The highest BCUT2D eigenvalue weighted by Crippen LogP contribution is 2.44. The average molecular weight is 522 g/mol. The molecule has 0 saturated heterocycles. The van der Waals surface area contributed by atoms with Gasteiger partial charge in [-0.1, -0.05) is 97.1 Å². The van der Waals surface area contributed by atoms with Crippen LogP contribution in [0.4, 0.5) is 0 Å². The number of benzene rings is 6. The van der Waals surface area contributed by atoms with Crippen LogP contribution in [0.15, 0.2) is 140 Å². The summed E-state index contributed by atoms with van der Waals surface area (Å²) >= 11 is 0. The number of hydrogen-bond donors (Lipinski definition) is 0. The molecule has 41 heavy (non-hydrogen) atoms. The third kappa shape index (κ3) is 4.05. The number of nitriles is 2. The summed E-state index contributed by atoms with van der Waals surface area (Å²) in [5.74, 6) is 0. The Bertz CT molecular complexity index is 2040. The molecule has 0 spiro atoms. The van der Waals surface area contributed by atoms with Gasteiger partial charge in [0.25, 0.3) is 0 Å². The molecule has 190 valence electrons. The Balaban J connectivity index is 1.67. The van der Waals surface area contributed by atoms with Crippen LogP contribution in [0.1, 0.15) is 11.1 Å². The molecule has 0 saturated carbocycles. The summed E-state index contributed by atoms with van der Waals surface area (Å²) in [7, 11) is 0. The molecule has 0 amide bonds. The van der Waals surface area contributed by atoms with Gasteiger partial charge in [-0.25, -0.2) is 0 Å². The first-order chi connectivity index (χ1) is 20.3. The Morgan fingerprint density at radius 2 is 0.976 bits per heavy atom. The first-order valence-corrected chi connectivity index (χ1v) is 13.5. The Morgan fingerprint density at radius 1 is 0.463 bits per heavy atom. The molecule has 0 aliphatic heterocycles. The normalized spacial score (nSPS) is 10.9. The molecule has 0 bridgehead atoms. The maximum atomic E-state index is 10.2. The zero-order chi connectivity index (χ0) is 27.8. The Morgan fingerprint density at radius 3 is 1.49 bits per heavy atom. The third-order valence-electron chi connectivity index (χ3n) is 7.67. The fraction of sp³-hybridized carbons (Fsp3) is 0. The van der Waals surface area contributed by atoms with Crippen LogP contribution in [-0.4, -0.2) is 4.57 Å². The molecule has 0 aliphatic carbocycles. The summed E-state index contributed by atoms with van der Waals surface area (Å²) < 4.78 is 2.32. The fourth-order valence-corrected chi connectivity index (χ4v) is 5.86. The second-order valence-electron chi connectivity index (χ2n) is 10.0. The van der Waals surface area contributed by atoms with Crippen molar-refractivity contribution in [2.24, 2.45) is 0 Å². The number of nitrogens with zero attached hydrogens (tertiary/aromatic N) is 3. The zero-order valence-electron chi connectivity index (χ0n) is 22.1. The molecule has 0 N–H and O–H groups in total. The first-order valence-electron chi connectivity index (χ1n) is 13.5. The van der Waals surface area contributed by atoms with Crippen molar-refractivity contribution in [1.82, 2.24) is 4.57 Å². The zero-order valence-corrected chi connectivity index (χ0v) is 22.1. The molecule has 0 aliphatic rings. The molecule has 6 aromatic carbocycles. The van der Waals surface area contributed by atoms with E-state index in [1.165, 1.54) is 10.8 Å². The maximum absolute atomic E-state index is 10.2. The van der Waals surface area contributed by atoms with Crippen LogP contribution in [0.25, 0.3) is 60.9 Å². The topological polar surface area (TPSA) is 52.5 Å². The first kappa shape index (κ1) is 24.2. The average Bonchev–Trinajstić information content (AvgIpc) is 3.39. The smallest absolute Gasteiger partial charge is 0.0998 e. The standard InChI is InChI=1S/C38H23N3/c39-24-26-19-20-29(25-40)33(21-26)38-34(27-11-3-1-4-12-27)22-30(23-35(38)28-13-5-2-6-14-28)41-36-17-9-7-15-31(36)32-16-8-10-18-37(32)41/h1-23H. The summed E-state index contributed by atoms with van der Waals surface area (Å²) in [6.45, 7) is 0. The van der Waals surface area contributed by atoms with Crippen molar-refractivity contribution in [3.8, 4) is 51.2 Å². The molecule has 1 aromatic heterocycles. The Labute approximate surface area is 238 Å². The van der Waals surface area contributed by atoms with E-state index in [4.69, 9.17) is 0 Å². The summed E-state index contributed by atoms with van der Waals surface area (Å²) in [5.41, 5.74) is 10.1. The van der Waals surface area contributed by atoms with Crippen LogP contribution >= 0.6 is 0 Å². The quantitative estimate of drug-likeness (QED) is 0.232. The van der Waals surface area contributed by atoms with Gasteiger partial charge in [0.1, 0.15) is 0 Å². The van der Waals surface area contributed by atoms with Gasteiger partial charge in [-0.2, -0.15) is 10.5 Å². The molecule has 3 nitrogen and oxygen atoms in total. The second kappa shape index (κ2) is 10.0. The number of aromatic nitrogens is 1. The summed E-state index contributed by atoms with van der Waals surface area (Å²) in [5, 5.41) is 22.3. The van der Waals surface area contributed by atoms with Crippen LogP contribution < -0.4 is 0 Å². The van der Waals surface area contributed by atoms with Crippen LogP contribution in [-0.2, 0) is 0 Å². The van der Waals surface area contributed by atoms with Crippen LogP contribution in [0.5, 0.6) is 0 Å². The molecule has 7 rings (SSSR count). The van der Waals surface area contributed by atoms with E-state index in [1.54, 1.807) is 12.1 Å². The molecule has 0 unspecified atom stereocenters. The van der Waals surface area contributed by atoms with Gasteiger partial charge in [-0.3, -0.25) is 0 Å². The molecule has 0 atom stereocenters. The molecule has 3 heteroatoms. The minimum absolute atomic E-state index is 0.517. The van der Waals surface area contributed by atoms with Gasteiger partial charge >= 0.3 is 0 Å². The molecular formula is C38H23N3. The van der Waals surface area contributed by atoms with Gasteiger partial charge in [-0.05, 0) is 70.3 Å². The van der Waals surface area contributed by atoms with Crippen LogP contribution in [0.3, 0.4) is 0 Å². The summed E-state index contributed by atoms with van der Waals surface area (Å²) in [6, 6.07) is 51.9. The minimum atomic E-state index is 0.517.